The average molecular weight is 521 g/mol. The Morgan fingerprint density at radius 3 is 2.24 bits per heavy atom. The van der Waals surface area contributed by atoms with Crippen LogP contribution in [0.5, 0.6) is 0 Å². The van der Waals surface area contributed by atoms with E-state index in [-0.39, 0.29) is 31.1 Å². The highest BCUT2D eigenvalue weighted by Gasteiger charge is 2.50. The van der Waals surface area contributed by atoms with Crippen molar-refractivity contribution in [2.24, 2.45) is 0 Å². The van der Waals surface area contributed by atoms with Crippen molar-refractivity contribution in [1.29, 1.82) is 0 Å². The number of carbonyl (C=O) groups is 3. The van der Waals surface area contributed by atoms with Crippen LogP contribution in [0.4, 0.5) is 4.79 Å². The number of imide groups is 1. The maximum absolute atomic E-state index is 13.3. The Hall–Kier alpha value is -3.76. The fourth-order valence-corrected chi connectivity index (χ4v) is 6.23. The maximum Gasteiger partial charge on any atom is 0.325 e. The molecule has 37 heavy (non-hydrogen) atoms. The Labute approximate surface area is 215 Å². The first kappa shape index (κ1) is 24.9. The predicted octanol–water partition coefficient (Wildman–Crippen LogP) is 2.45. The number of urea groups is 1. The predicted molar refractivity (Wildman–Crippen MR) is 138 cm³/mol. The summed E-state index contributed by atoms with van der Waals surface area (Å²) in [6, 6.07) is 19.3. The molecule has 9 nitrogen and oxygen atoms in total. The van der Waals surface area contributed by atoms with Gasteiger partial charge in [-0.25, -0.2) is 13.2 Å². The summed E-state index contributed by atoms with van der Waals surface area (Å²) in [5, 5.41) is 4.70. The lowest BCUT2D eigenvalue weighted by Gasteiger charge is -2.34. The van der Waals surface area contributed by atoms with Gasteiger partial charge in [-0.2, -0.15) is 4.31 Å². The van der Waals surface area contributed by atoms with E-state index in [1.807, 2.05) is 43.3 Å². The van der Waals surface area contributed by atoms with Crippen LogP contribution in [0, 0.1) is 6.92 Å². The van der Waals surface area contributed by atoms with E-state index in [1.54, 1.807) is 37.3 Å². The quantitative estimate of drug-likeness (QED) is 0.520. The van der Waals surface area contributed by atoms with Crippen molar-refractivity contribution in [3.63, 3.8) is 0 Å². The number of amides is 4. The Bertz CT molecular complexity index is 1500. The molecular formula is C27H28N4O5S. The fourth-order valence-electron chi connectivity index (χ4n) is 4.81. The third-order valence-corrected chi connectivity index (χ3v) is 9.06. The van der Waals surface area contributed by atoms with Crippen LogP contribution in [-0.4, -0.2) is 73.1 Å². The molecule has 192 valence electrons. The summed E-state index contributed by atoms with van der Waals surface area (Å²) in [7, 11) is -3.66. The minimum atomic E-state index is -3.66. The minimum Gasteiger partial charge on any atom is -0.338 e. The molecule has 4 amide bonds. The number of sulfonamides is 1. The van der Waals surface area contributed by atoms with Crippen LogP contribution >= 0.6 is 0 Å². The first-order valence-corrected chi connectivity index (χ1v) is 13.5. The number of piperazine rings is 1. The molecule has 0 radical (unpaired) electrons. The Morgan fingerprint density at radius 1 is 0.919 bits per heavy atom. The SMILES string of the molecule is Cc1ccc(S(=O)(=O)N2CCN(C(=O)CN3C(=O)N[C@@](C)(c4ccc5ccccc5c4)C3=O)CC2)cc1. The molecule has 0 bridgehead atoms. The zero-order chi connectivity index (χ0) is 26.4. The first-order chi connectivity index (χ1) is 17.6. The topological polar surface area (TPSA) is 107 Å². The third kappa shape index (κ3) is 4.47. The monoisotopic (exact) mass is 520 g/mol. The smallest absolute Gasteiger partial charge is 0.325 e. The lowest BCUT2D eigenvalue weighted by Crippen LogP contribution is -2.53. The van der Waals surface area contributed by atoms with Crippen molar-refractivity contribution in [2.75, 3.05) is 32.7 Å². The van der Waals surface area contributed by atoms with Crippen molar-refractivity contribution in [3.05, 3.63) is 77.9 Å². The van der Waals surface area contributed by atoms with E-state index in [0.717, 1.165) is 21.2 Å². The lowest BCUT2D eigenvalue weighted by atomic mass is 9.90. The lowest BCUT2D eigenvalue weighted by molar-refractivity contribution is -0.139. The van der Waals surface area contributed by atoms with Crippen LogP contribution in [0.2, 0.25) is 0 Å². The number of nitrogens with zero attached hydrogens (tertiary/aromatic N) is 3. The number of hydrogen-bond donors (Lipinski definition) is 1. The maximum atomic E-state index is 13.3. The summed E-state index contributed by atoms with van der Waals surface area (Å²) in [6.07, 6.45) is 0. The molecular weight excluding hydrogens is 492 g/mol. The van der Waals surface area contributed by atoms with Gasteiger partial charge in [0.25, 0.3) is 5.91 Å². The zero-order valence-corrected chi connectivity index (χ0v) is 21.5. The fraction of sp³-hybridized carbons (Fsp3) is 0.296. The number of benzene rings is 3. The van der Waals surface area contributed by atoms with E-state index in [9.17, 15) is 22.8 Å². The highest BCUT2D eigenvalue weighted by Crippen LogP contribution is 2.31. The standard InChI is InChI=1S/C27H28N4O5S/c1-19-7-11-23(12-8-19)37(35,36)30-15-13-29(14-16-30)24(32)18-31-25(33)27(2,28-26(31)34)22-10-9-20-5-3-4-6-21(20)17-22/h3-12,17H,13-16,18H2,1-2H3,(H,28,34)/t27-/m0/s1. The van der Waals surface area contributed by atoms with Crippen molar-refractivity contribution < 1.29 is 22.8 Å². The Morgan fingerprint density at radius 2 is 1.57 bits per heavy atom. The summed E-state index contributed by atoms with van der Waals surface area (Å²) >= 11 is 0. The summed E-state index contributed by atoms with van der Waals surface area (Å²) in [6.45, 7) is 3.74. The minimum absolute atomic E-state index is 0.136. The van der Waals surface area contributed by atoms with Gasteiger partial charge in [0.15, 0.2) is 0 Å². The largest absolute Gasteiger partial charge is 0.338 e. The van der Waals surface area contributed by atoms with E-state index >= 15 is 0 Å². The van der Waals surface area contributed by atoms with Gasteiger partial charge in [0.05, 0.1) is 4.90 Å². The van der Waals surface area contributed by atoms with Gasteiger partial charge >= 0.3 is 6.03 Å². The molecule has 1 N–H and O–H groups in total. The number of hydrogen-bond acceptors (Lipinski definition) is 5. The molecule has 0 aliphatic carbocycles. The summed E-state index contributed by atoms with van der Waals surface area (Å²) in [4.78, 5) is 41.8. The number of rotatable bonds is 5. The molecule has 2 saturated heterocycles. The Kier molecular flexibility index (Phi) is 6.25. The Balaban J connectivity index is 1.25. The second-order valence-corrected chi connectivity index (χ2v) is 11.5. The van der Waals surface area contributed by atoms with Gasteiger partial charge in [-0.15, -0.1) is 0 Å². The second kappa shape index (κ2) is 9.28. The molecule has 10 heteroatoms. The van der Waals surface area contributed by atoms with Crippen LogP contribution in [-0.2, 0) is 25.2 Å². The first-order valence-electron chi connectivity index (χ1n) is 12.1. The van der Waals surface area contributed by atoms with Crippen molar-refractivity contribution in [1.82, 2.24) is 19.4 Å². The zero-order valence-electron chi connectivity index (χ0n) is 20.7. The molecule has 1 atom stereocenters. The van der Waals surface area contributed by atoms with E-state index < -0.39 is 40.0 Å². The molecule has 0 spiro atoms. The van der Waals surface area contributed by atoms with E-state index in [1.165, 1.54) is 9.21 Å². The molecule has 5 rings (SSSR count). The van der Waals surface area contributed by atoms with Crippen molar-refractivity contribution in [3.8, 4) is 0 Å². The molecule has 3 aromatic rings. The van der Waals surface area contributed by atoms with Crippen molar-refractivity contribution in [2.45, 2.75) is 24.3 Å². The molecule has 0 unspecified atom stereocenters. The molecule has 0 aromatic heterocycles. The molecule has 2 heterocycles. The number of fused-ring (bicyclic) bond motifs is 1. The van der Waals surface area contributed by atoms with E-state index in [0.29, 0.717) is 5.56 Å². The number of nitrogens with one attached hydrogen (secondary N) is 1. The second-order valence-electron chi connectivity index (χ2n) is 9.61. The van der Waals surface area contributed by atoms with E-state index in [2.05, 4.69) is 5.32 Å². The molecule has 2 fully saturated rings. The van der Waals surface area contributed by atoms with Gasteiger partial charge in [-0.1, -0.05) is 54.1 Å². The van der Waals surface area contributed by atoms with Gasteiger partial charge in [-0.05, 0) is 48.4 Å². The number of carbonyl (C=O) groups excluding carboxylic acids is 3. The van der Waals surface area contributed by atoms with Gasteiger partial charge in [0, 0.05) is 26.2 Å². The highest BCUT2D eigenvalue weighted by molar-refractivity contribution is 7.89. The van der Waals surface area contributed by atoms with E-state index in [4.69, 9.17) is 0 Å². The average Bonchev–Trinajstić information content (AvgIpc) is 3.12. The summed E-state index contributed by atoms with van der Waals surface area (Å²) < 4.78 is 27.2. The molecule has 3 aromatic carbocycles. The van der Waals surface area contributed by atoms with Gasteiger partial charge in [0.1, 0.15) is 12.1 Å². The van der Waals surface area contributed by atoms with Crippen LogP contribution in [0.15, 0.2) is 71.6 Å². The number of aryl methyl sites for hydroxylation is 1. The van der Waals surface area contributed by atoms with Crippen LogP contribution < -0.4 is 5.32 Å². The van der Waals surface area contributed by atoms with Gasteiger partial charge in [-0.3, -0.25) is 14.5 Å². The van der Waals surface area contributed by atoms with Gasteiger partial charge in [0.2, 0.25) is 15.9 Å². The third-order valence-electron chi connectivity index (χ3n) is 7.15. The summed E-state index contributed by atoms with van der Waals surface area (Å²) in [5.74, 6) is -0.902. The van der Waals surface area contributed by atoms with Crippen molar-refractivity contribution >= 4 is 38.6 Å². The van der Waals surface area contributed by atoms with Crippen LogP contribution in [0.1, 0.15) is 18.1 Å². The molecule has 2 aliphatic rings. The normalized spacial score (nSPS) is 20.9. The molecule has 2 aliphatic heterocycles. The van der Waals surface area contributed by atoms with Crippen LogP contribution in [0.3, 0.4) is 0 Å². The summed E-state index contributed by atoms with van der Waals surface area (Å²) in [5.41, 5.74) is 0.309. The van der Waals surface area contributed by atoms with Gasteiger partial charge < -0.3 is 10.2 Å². The highest BCUT2D eigenvalue weighted by atomic mass is 32.2. The molecule has 0 saturated carbocycles. The van der Waals surface area contributed by atoms with Crippen LogP contribution in [0.25, 0.3) is 10.8 Å².